The first-order valence-electron chi connectivity index (χ1n) is 5.21. The highest BCUT2D eigenvalue weighted by Gasteiger charge is 2.01. The molecule has 2 heteroatoms. The summed E-state index contributed by atoms with van der Waals surface area (Å²) in [6.45, 7) is 5.90. The van der Waals surface area contributed by atoms with E-state index in [0.29, 0.717) is 12.6 Å². The topological polar surface area (TPSA) is 38.0 Å². The summed E-state index contributed by atoms with van der Waals surface area (Å²) in [5, 5.41) is 3.37. The second-order valence-electron chi connectivity index (χ2n) is 3.83. The summed E-state index contributed by atoms with van der Waals surface area (Å²) in [5.74, 6) is 0. The molecule has 1 atom stereocenters. The third-order valence-electron chi connectivity index (χ3n) is 2.30. The quantitative estimate of drug-likeness (QED) is 0.741. The predicted octanol–water partition coefficient (Wildman–Crippen LogP) is 1.47. The first kappa shape index (κ1) is 11.2. The summed E-state index contributed by atoms with van der Waals surface area (Å²) in [6.07, 6.45) is 1.07. The summed E-state index contributed by atoms with van der Waals surface area (Å²) in [7, 11) is 0. The van der Waals surface area contributed by atoms with Gasteiger partial charge in [-0.3, -0.25) is 0 Å². The lowest BCUT2D eigenvalue weighted by Gasteiger charge is -2.12. The van der Waals surface area contributed by atoms with Crippen molar-refractivity contribution >= 4 is 0 Å². The first-order chi connectivity index (χ1) is 6.72. The van der Waals surface area contributed by atoms with Crippen LogP contribution in [-0.4, -0.2) is 19.1 Å². The fourth-order valence-electron chi connectivity index (χ4n) is 1.48. The van der Waals surface area contributed by atoms with Gasteiger partial charge in [-0.2, -0.15) is 0 Å². The Morgan fingerprint density at radius 1 is 1.29 bits per heavy atom. The predicted molar refractivity (Wildman–Crippen MR) is 61.4 cm³/mol. The average molecular weight is 192 g/mol. The van der Waals surface area contributed by atoms with E-state index in [1.165, 1.54) is 11.1 Å². The van der Waals surface area contributed by atoms with Gasteiger partial charge in [0.05, 0.1) is 0 Å². The lowest BCUT2D eigenvalue weighted by molar-refractivity contribution is 0.553. The lowest BCUT2D eigenvalue weighted by Crippen LogP contribution is -2.32. The zero-order chi connectivity index (χ0) is 10.4. The Hall–Kier alpha value is -0.860. The van der Waals surface area contributed by atoms with Crippen LogP contribution in [0.5, 0.6) is 0 Å². The van der Waals surface area contributed by atoms with Crippen LogP contribution in [0.3, 0.4) is 0 Å². The highest BCUT2D eigenvalue weighted by molar-refractivity contribution is 5.21. The summed E-state index contributed by atoms with van der Waals surface area (Å²) in [5.41, 5.74) is 8.13. The Bertz CT molecular complexity index is 254. The van der Waals surface area contributed by atoms with Gasteiger partial charge in [0.1, 0.15) is 0 Å². The molecule has 1 unspecified atom stereocenters. The van der Waals surface area contributed by atoms with E-state index in [2.05, 4.69) is 43.4 Å². The van der Waals surface area contributed by atoms with Gasteiger partial charge in [-0.15, -0.1) is 0 Å². The van der Waals surface area contributed by atoms with Crippen LogP contribution >= 0.6 is 0 Å². The molecule has 0 saturated carbocycles. The fourth-order valence-corrected chi connectivity index (χ4v) is 1.48. The highest BCUT2D eigenvalue weighted by Crippen LogP contribution is 2.05. The van der Waals surface area contributed by atoms with E-state index in [0.717, 1.165) is 13.0 Å². The molecule has 0 spiro atoms. The van der Waals surface area contributed by atoms with Gasteiger partial charge >= 0.3 is 0 Å². The van der Waals surface area contributed by atoms with E-state index in [-0.39, 0.29) is 0 Å². The molecule has 2 nitrogen and oxygen atoms in total. The van der Waals surface area contributed by atoms with Gasteiger partial charge in [-0.05, 0) is 25.8 Å². The van der Waals surface area contributed by atoms with Gasteiger partial charge in [-0.25, -0.2) is 0 Å². The molecular weight excluding hydrogens is 172 g/mol. The van der Waals surface area contributed by atoms with Crippen molar-refractivity contribution in [2.45, 2.75) is 26.3 Å². The van der Waals surface area contributed by atoms with Gasteiger partial charge < -0.3 is 11.1 Å². The summed E-state index contributed by atoms with van der Waals surface area (Å²) < 4.78 is 0. The van der Waals surface area contributed by atoms with Crippen LogP contribution < -0.4 is 11.1 Å². The van der Waals surface area contributed by atoms with Crippen molar-refractivity contribution in [2.24, 2.45) is 5.73 Å². The molecule has 0 heterocycles. The molecule has 78 valence electrons. The lowest BCUT2D eigenvalue weighted by atomic mass is 10.1. The Labute approximate surface area is 86.5 Å². The maximum atomic E-state index is 5.43. The van der Waals surface area contributed by atoms with Gasteiger partial charge in [0.15, 0.2) is 0 Å². The largest absolute Gasteiger partial charge is 0.329 e. The minimum Gasteiger partial charge on any atom is -0.329 e. The molecule has 1 aromatic carbocycles. The van der Waals surface area contributed by atoms with E-state index in [9.17, 15) is 0 Å². The number of hydrogen-bond acceptors (Lipinski definition) is 2. The third-order valence-corrected chi connectivity index (χ3v) is 2.30. The molecule has 0 aromatic heterocycles. The normalized spacial score (nSPS) is 12.8. The molecule has 14 heavy (non-hydrogen) atoms. The number of nitrogens with one attached hydrogen (secondary N) is 1. The van der Waals surface area contributed by atoms with E-state index in [4.69, 9.17) is 5.73 Å². The molecule has 0 aliphatic carbocycles. The van der Waals surface area contributed by atoms with Gasteiger partial charge in [0.25, 0.3) is 0 Å². The van der Waals surface area contributed by atoms with E-state index >= 15 is 0 Å². The minimum atomic E-state index is 0.501. The van der Waals surface area contributed by atoms with Crippen LogP contribution in [0.25, 0.3) is 0 Å². The SMILES string of the molecule is Cc1ccc(CC(C)NCCN)cc1. The van der Waals surface area contributed by atoms with Crippen LogP contribution in [0.4, 0.5) is 0 Å². The van der Waals surface area contributed by atoms with E-state index in [1.807, 2.05) is 0 Å². The molecule has 1 aromatic rings. The maximum absolute atomic E-state index is 5.43. The maximum Gasteiger partial charge on any atom is 0.00796 e. The molecular formula is C12H20N2. The van der Waals surface area contributed by atoms with Crippen molar-refractivity contribution < 1.29 is 0 Å². The minimum absolute atomic E-state index is 0.501. The Morgan fingerprint density at radius 3 is 2.50 bits per heavy atom. The summed E-state index contributed by atoms with van der Waals surface area (Å²) in [6, 6.07) is 9.20. The number of benzene rings is 1. The van der Waals surface area contributed by atoms with Crippen LogP contribution in [-0.2, 0) is 6.42 Å². The number of aryl methyl sites for hydroxylation is 1. The molecule has 0 saturated heterocycles. The zero-order valence-corrected chi connectivity index (χ0v) is 9.09. The molecule has 1 rings (SSSR count). The van der Waals surface area contributed by atoms with Crippen LogP contribution in [0.15, 0.2) is 24.3 Å². The highest BCUT2D eigenvalue weighted by atomic mass is 14.9. The molecule has 0 amide bonds. The van der Waals surface area contributed by atoms with Crippen molar-refractivity contribution in [3.05, 3.63) is 35.4 Å². The van der Waals surface area contributed by atoms with E-state index in [1.54, 1.807) is 0 Å². The average Bonchev–Trinajstić information content (AvgIpc) is 2.18. The number of rotatable bonds is 5. The van der Waals surface area contributed by atoms with Gasteiger partial charge in [0.2, 0.25) is 0 Å². The third kappa shape index (κ3) is 3.90. The van der Waals surface area contributed by atoms with Crippen molar-refractivity contribution in [1.82, 2.24) is 5.32 Å². The zero-order valence-electron chi connectivity index (χ0n) is 9.09. The molecule has 0 fully saturated rings. The van der Waals surface area contributed by atoms with Crippen LogP contribution in [0.2, 0.25) is 0 Å². The second kappa shape index (κ2) is 5.78. The molecule has 3 N–H and O–H groups in total. The Balaban J connectivity index is 2.39. The standard InChI is InChI=1S/C12H20N2/c1-10-3-5-12(6-4-10)9-11(2)14-8-7-13/h3-6,11,14H,7-9,13H2,1-2H3. The first-order valence-corrected chi connectivity index (χ1v) is 5.21. The molecule has 0 radical (unpaired) electrons. The van der Waals surface area contributed by atoms with Crippen LogP contribution in [0.1, 0.15) is 18.1 Å². The van der Waals surface area contributed by atoms with Crippen molar-refractivity contribution in [3.8, 4) is 0 Å². The number of hydrogen-bond donors (Lipinski definition) is 2. The summed E-state index contributed by atoms with van der Waals surface area (Å²) in [4.78, 5) is 0. The summed E-state index contributed by atoms with van der Waals surface area (Å²) >= 11 is 0. The van der Waals surface area contributed by atoms with Crippen molar-refractivity contribution in [3.63, 3.8) is 0 Å². The second-order valence-corrected chi connectivity index (χ2v) is 3.83. The van der Waals surface area contributed by atoms with Crippen LogP contribution in [0, 0.1) is 6.92 Å². The van der Waals surface area contributed by atoms with E-state index < -0.39 is 0 Å². The smallest absolute Gasteiger partial charge is 0.00796 e. The fraction of sp³-hybridized carbons (Fsp3) is 0.500. The van der Waals surface area contributed by atoms with Crippen molar-refractivity contribution in [1.29, 1.82) is 0 Å². The Kier molecular flexibility index (Phi) is 4.63. The van der Waals surface area contributed by atoms with Crippen molar-refractivity contribution in [2.75, 3.05) is 13.1 Å². The molecule has 0 aliphatic rings. The molecule has 0 bridgehead atoms. The Morgan fingerprint density at radius 2 is 1.93 bits per heavy atom. The van der Waals surface area contributed by atoms with Gasteiger partial charge in [0, 0.05) is 19.1 Å². The number of nitrogens with two attached hydrogens (primary N) is 1. The molecule has 0 aliphatic heterocycles. The monoisotopic (exact) mass is 192 g/mol. The van der Waals surface area contributed by atoms with Gasteiger partial charge in [-0.1, -0.05) is 29.8 Å².